The molecule has 2 N–H and O–H groups in total. The Morgan fingerprint density at radius 1 is 1.17 bits per heavy atom. The maximum atomic E-state index is 11.0. The molecule has 3 unspecified atom stereocenters. The van der Waals surface area contributed by atoms with Crippen molar-refractivity contribution >= 4 is 5.91 Å². The predicted molar refractivity (Wildman–Crippen MR) is 49.5 cm³/mol. The summed E-state index contributed by atoms with van der Waals surface area (Å²) in [6.07, 6.45) is 4.42. The summed E-state index contributed by atoms with van der Waals surface area (Å²) in [5.74, 6) is 1.48. The molecule has 12 heavy (non-hydrogen) atoms. The van der Waals surface area contributed by atoms with Crippen LogP contribution < -0.4 is 5.73 Å². The standard InChI is InChI=1S/C10H19NO/c1-7-3-4-9(10(11)12)6-8(2)5-7/h7-9H,3-6H2,1-2H3,(H2,11,12). The van der Waals surface area contributed by atoms with Gasteiger partial charge in [0.1, 0.15) is 0 Å². The van der Waals surface area contributed by atoms with Gasteiger partial charge in [0.05, 0.1) is 0 Å². The zero-order valence-electron chi connectivity index (χ0n) is 8.05. The van der Waals surface area contributed by atoms with Crippen LogP contribution in [0, 0.1) is 17.8 Å². The minimum Gasteiger partial charge on any atom is -0.369 e. The molecule has 0 heterocycles. The van der Waals surface area contributed by atoms with Crippen LogP contribution in [-0.2, 0) is 4.79 Å². The molecule has 1 amide bonds. The molecule has 1 saturated carbocycles. The lowest BCUT2D eigenvalue weighted by atomic mass is 9.93. The molecule has 0 aliphatic heterocycles. The molecule has 0 aromatic rings. The van der Waals surface area contributed by atoms with E-state index in [9.17, 15) is 4.79 Å². The Labute approximate surface area is 74.5 Å². The second-order valence-corrected chi connectivity index (χ2v) is 4.36. The van der Waals surface area contributed by atoms with E-state index in [4.69, 9.17) is 5.73 Å². The van der Waals surface area contributed by atoms with E-state index in [0.717, 1.165) is 25.2 Å². The van der Waals surface area contributed by atoms with Crippen LogP contribution in [0.2, 0.25) is 0 Å². The Balaban J connectivity index is 2.52. The Morgan fingerprint density at radius 2 is 1.83 bits per heavy atom. The number of carbonyl (C=O) groups excluding carboxylic acids is 1. The van der Waals surface area contributed by atoms with Gasteiger partial charge in [-0.05, 0) is 37.5 Å². The van der Waals surface area contributed by atoms with Gasteiger partial charge < -0.3 is 5.73 Å². The molecular weight excluding hydrogens is 150 g/mol. The van der Waals surface area contributed by atoms with Crippen LogP contribution in [0.25, 0.3) is 0 Å². The van der Waals surface area contributed by atoms with Crippen molar-refractivity contribution < 1.29 is 4.79 Å². The van der Waals surface area contributed by atoms with Gasteiger partial charge in [0, 0.05) is 5.92 Å². The van der Waals surface area contributed by atoms with Crippen molar-refractivity contribution in [2.45, 2.75) is 39.5 Å². The summed E-state index contributed by atoms with van der Waals surface area (Å²) in [6.45, 7) is 4.48. The minimum atomic E-state index is -0.101. The summed E-state index contributed by atoms with van der Waals surface area (Å²) < 4.78 is 0. The van der Waals surface area contributed by atoms with Crippen molar-refractivity contribution in [3.8, 4) is 0 Å². The van der Waals surface area contributed by atoms with E-state index in [1.807, 2.05) is 0 Å². The van der Waals surface area contributed by atoms with E-state index in [-0.39, 0.29) is 11.8 Å². The van der Waals surface area contributed by atoms with Crippen LogP contribution in [0.1, 0.15) is 39.5 Å². The molecule has 70 valence electrons. The molecule has 0 spiro atoms. The fraction of sp³-hybridized carbons (Fsp3) is 0.900. The van der Waals surface area contributed by atoms with Crippen molar-refractivity contribution in [3.63, 3.8) is 0 Å². The molecule has 2 heteroatoms. The van der Waals surface area contributed by atoms with Gasteiger partial charge in [0.15, 0.2) is 0 Å². The van der Waals surface area contributed by atoms with E-state index < -0.39 is 0 Å². The fourth-order valence-corrected chi connectivity index (χ4v) is 2.25. The van der Waals surface area contributed by atoms with Gasteiger partial charge in [-0.1, -0.05) is 13.8 Å². The third kappa shape index (κ3) is 2.50. The number of hydrogen-bond acceptors (Lipinski definition) is 1. The first-order chi connectivity index (χ1) is 5.59. The first-order valence-electron chi connectivity index (χ1n) is 4.89. The number of rotatable bonds is 1. The smallest absolute Gasteiger partial charge is 0.220 e. The maximum Gasteiger partial charge on any atom is 0.220 e. The predicted octanol–water partition coefficient (Wildman–Crippen LogP) is 1.93. The van der Waals surface area contributed by atoms with Crippen molar-refractivity contribution in [2.24, 2.45) is 23.5 Å². The normalized spacial score (nSPS) is 37.3. The van der Waals surface area contributed by atoms with Gasteiger partial charge >= 0.3 is 0 Å². The van der Waals surface area contributed by atoms with Gasteiger partial charge in [-0.25, -0.2) is 0 Å². The average molecular weight is 169 g/mol. The second-order valence-electron chi connectivity index (χ2n) is 4.36. The lowest BCUT2D eigenvalue weighted by molar-refractivity contribution is -0.122. The van der Waals surface area contributed by atoms with Gasteiger partial charge in [0.2, 0.25) is 5.91 Å². The first-order valence-corrected chi connectivity index (χ1v) is 4.89. The topological polar surface area (TPSA) is 43.1 Å². The van der Waals surface area contributed by atoms with E-state index in [2.05, 4.69) is 13.8 Å². The van der Waals surface area contributed by atoms with Crippen LogP contribution in [0.3, 0.4) is 0 Å². The van der Waals surface area contributed by atoms with Crippen molar-refractivity contribution in [3.05, 3.63) is 0 Å². The van der Waals surface area contributed by atoms with E-state index in [0.29, 0.717) is 5.92 Å². The molecule has 1 aliphatic rings. The number of carbonyl (C=O) groups is 1. The van der Waals surface area contributed by atoms with Crippen molar-refractivity contribution in [2.75, 3.05) is 0 Å². The third-order valence-corrected chi connectivity index (χ3v) is 2.90. The summed E-state index contributed by atoms with van der Waals surface area (Å²) in [7, 11) is 0. The zero-order valence-corrected chi connectivity index (χ0v) is 8.05. The minimum absolute atomic E-state index is 0.101. The molecule has 3 atom stereocenters. The molecule has 1 aliphatic carbocycles. The van der Waals surface area contributed by atoms with Crippen LogP contribution >= 0.6 is 0 Å². The fourth-order valence-electron chi connectivity index (χ4n) is 2.25. The van der Waals surface area contributed by atoms with Crippen LogP contribution in [0.5, 0.6) is 0 Å². The molecule has 0 bridgehead atoms. The summed E-state index contributed by atoms with van der Waals surface area (Å²) in [5.41, 5.74) is 5.31. The van der Waals surface area contributed by atoms with E-state index in [1.54, 1.807) is 0 Å². The Morgan fingerprint density at radius 3 is 2.42 bits per heavy atom. The highest BCUT2D eigenvalue weighted by Gasteiger charge is 2.24. The maximum absolute atomic E-state index is 11.0. The van der Waals surface area contributed by atoms with Crippen molar-refractivity contribution in [1.82, 2.24) is 0 Å². The molecule has 0 aromatic carbocycles. The number of nitrogens with two attached hydrogens (primary N) is 1. The Hall–Kier alpha value is -0.530. The number of primary amides is 1. The summed E-state index contributed by atoms with van der Waals surface area (Å²) in [5, 5.41) is 0. The lowest BCUT2D eigenvalue weighted by Crippen LogP contribution is -2.23. The number of hydrogen-bond donors (Lipinski definition) is 1. The van der Waals surface area contributed by atoms with Crippen molar-refractivity contribution in [1.29, 1.82) is 0 Å². The van der Waals surface area contributed by atoms with Crippen LogP contribution in [0.4, 0.5) is 0 Å². The molecule has 1 fully saturated rings. The molecule has 0 saturated heterocycles. The summed E-state index contributed by atoms with van der Waals surface area (Å²) in [4.78, 5) is 11.0. The van der Waals surface area contributed by atoms with Crippen LogP contribution in [-0.4, -0.2) is 5.91 Å². The quantitative estimate of drug-likeness (QED) is 0.599. The van der Waals surface area contributed by atoms with Gasteiger partial charge in [-0.2, -0.15) is 0 Å². The second kappa shape index (κ2) is 3.92. The monoisotopic (exact) mass is 169 g/mol. The molecule has 0 radical (unpaired) electrons. The highest BCUT2D eigenvalue weighted by molar-refractivity contribution is 5.76. The Bertz CT molecular complexity index is 167. The summed E-state index contributed by atoms with van der Waals surface area (Å²) >= 11 is 0. The SMILES string of the molecule is CC1CCC(C(N)=O)CC(C)C1. The largest absolute Gasteiger partial charge is 0.369 e. The molecule has 2 nitrogen and oxygen atoms in total. The zero-order chi connectivity index (χ0) is 9.14. The van der Waals surface area contributed by atoms with E-state index >= 15 is 0 Å². The van der Waals surface area contributed by atoms with Gasteiger partial charge in [-0.3, -0.25) is 4.79 Å². The highest BCUT2D eigenvalue weighted by atomic mass is 16.1. The first kappa shape index (κ1) is 9.56. The number of amides is 1. The average Bonchev–Trinajstić information content (AvgIpc) is 2.11. The summed E-state index contributed by atoms with van der Waals surface area (Å²) in [6, 6.07) is 0. The van der Waals surface area contributed by atoms with Gasteiger partial charge in [0.25, 0.3) is 0 Å². The third-order valence-electron chi connectivity index (χ3n) is 2.90. The molecule has 1 rings (SSSR count). The highest BCUT2D eigenvalue weighted by Crippen LogP contribution is 2.30. The Kier molecular flexibility index (Phi) is 3.12. The van der Waals surface area contributed by atoms with Crippen LogP contribution in [0.15, 0.2) is 0 Å². The molecule has 0 aromatic heterocycles. The molecular formula is C10H19NO. The van der Waals surface area contributed by atoms with Gasteiger partial charge in [-0.15, -0.1) is 0 Å². The lowest BCUT2D eigenvalue weighted by Gasteiger charge is -2.12. The van der Waals surface area contributed by atoms with E-state index in [1.165, 1.54) is 6.42 Å².